The van der Waals surface area contributed by atoms with Crippen LogP contribution in [0, 0.1) is 0 Å². The first-order chi connectivity index (χ1) is 7.27. The van der Waals surface area contributed by atoms with E-state index in [1.54, 1.807) is 0 Å². The summed E-state index contributed by atoms with van der Waals surface area (Å²) in [5.41, 5.74) is 0. The van der Waals surface area contributed by atoms with E-state index in [0.29, 0.717) is 0 Å². The summed E-state index contributed by atoms with van der Waals surface area (Å²) in [6.07, 6.45) is 4.48. The molecule has 2 unspecified atom stereocenters. The van der Waals surface area contributed by atoms with Crippen LogP contribution in [0.4, 0.5) is 0 Å². The largest absolute Gasteiger partial charge is 0.391 e. The van der Waals surface area contributed by atoms with Gasteiger partial charge in [-0.1, -0.05) is 12.8 Å². The Labute approximate surface area is 87.1 Å². The summed E-state index contributed by atoms with van der Waals surface area (Å²) >= 11 is 0. The standard InChI is InChI=1S/C9H14N4O2/c14-7-4-2-1-3-6(7)12-9(15)8-10-5-11-13-8/h5-7,14H,1-4H2,(H,12,15)(H,10,11,13). The van der Waals surface area contributed by atoms with Gasteiger partial charge in [-0.2, -0.15) is 5.10 Å². The smallest absolute Gasteiger partial charge is 0.288 e. The van der Waals surface area contributed by atoms with E-state index >= 15 is 0 Å². The lowest BCUT2D eigenvalue weighted by Crippen LogP contribution is -2.45. The molecular weight excluding hydrogens is 196 g/mol. The monoisotopic (exact) mass is 210 g/mol. The van der Waals surface area contributed by atoms with Gasteiger partial charge < -0.3 is 10.4 Å². The van der Waals surface area contributed by atoms with E-state index in [9.17, 15) is 9.90 Å². The number of nitrogens with zero attached hydrogens (tertiary/aromatic N) is 2. The van der Waals surface area contributed by atoms with Gasteiger partial charge in [0.25, 0.3) is 5.91 Å². The molecule has 1 amide bonds. The Kier molecular flexibility index (Phi) is 2.96. The average molecular weight is 210 g/mol. The van der Waals surface area contributed by atoms with Crippen molar-refractivity contribution in [1.82, 2.24) is 20.5 Å². The fourth-order valence-corrected chi connectivity index (χ4v) is 1.83. The van der Waals surface area contributed by atoms with E-state index in [0.717, 1.165) is 25.7 Å². The summed E-state index contributed by atoms with van der Waals surface area (Å²) < 4.78 is 0. The molecule has 1 aliphatic rings. The van der Waals surface area contributed by atoms with Crippen LogP contribution in [0.15, 0.2) is 6.33 Å². The molecule has 6 heteroatoms. The second-order valence-electron chi connectivity index (χ2n) is 3.77. The molecule has 1 aromatic heterocycles. The molecule has 0 spiro atoms. The average Bonchev–Trinajstić information content (AvgIpc) is 2.74. The summed E-state index contributed by atoms with van der Waals surface area (Å²) in [4.78, 5) is 15.3. The number of nitrogens with one attached hydrogen (secondary N) is 2. The minimum Gasteiger partial charge on any atom is -0.391 e. The summed E-state index contributed by atoms with van der Waals surface area (Å²) in [7, 11) is 0. The number of amides is 1. The molecule has 2 rings (SSSR count). The van der Waals surface area contributed by atoms with Gasteiger partial charge >= 0.3 is 0 Å². The van der Waals surface area contributed by atoms with E-state index < -0.39 is 6.10 Å². The lowest BCUT2D eigenvalue weighted by molar-refractivity contribution is 0.0710. The summed E-state index contributed by atoms with van der Waals surface area (Å²) in [5, 5.41) is 18.5. The molecule has 0 saturated heterocycles. The van der Waals surface area contributed by atoms with Crippen molar-refractivity contribution in [3.05, 3.63) is 12.2 Å². The van der Waals surface area contributed by atoms with Gasteiger partial charge in [-0.05, 0) is 12.8 Å². The van der Waals surface area contributed by atoms with Crippen LogP contribution in [0.5, 0.6) is 0 Å². The molecule has 1 heterocycles. The first-order valence-corrected chi connectivity index (χ1v) is 5.11. The molecule has 1 aromatic rings. The summed E-state index contributed by atoms with van der Waals surface area (Å²) in [6, 6.07) is -0.156. The zero-order valence-electron chi connectivity index (χ0n) is 8.31. The number of aromatic amines is 1. The molecule has 1 fully saturated rings. The first kappa shape index (κ1) is 10.1. The zero-order valence-corrected chi connectivity index (χ0v) is 8.31. The Morgan fingerprint density at radius 1 is 1.53 bits per heavy atom. The normalized spacial score (nSPS) is 26.2. The fraction of sp³-hybridized carbons (Fsp3) is 0.667. The van der Waals surface area contributed by atoms with Gasteiger partial charge in [0.2, 0.25) is 5.82 Å². The highest BCUT2D eigenvalue weighted by Crippen LogP contribution is 2.18. The molecule has 0 bridgehead atoms. The predicted molar refractivity (Wildman–Crippen MR) is 52.1 cm³/mol. The van der Waals surface area contributed by atoms with E-state index in [2.05, 4.69) is 20.5 Å². The quantitative estimate of drug-likeness (QED) is 0.632. The number of aromatic nitrogens is 3. The van der Waals surface area contributed by atoms with Gasteiger partial charge in [0.15, 0.2) is 0 Å². The molecule has 3 N–H and O–H groups in total. The van der Waals surface area contributed by atoms with Gasteiger partial charge in [-0.15, -0.1) is 0 Å². The molecule has 0 radical (unpaired) electrons. The Hall–Kier alpha value is -1.43. The van der Waals surface area contributed by atoms with Crippen molar-refractivity contribution in [3.8, 4) is 0 Å². The second kappa shape index (κ2) is 4.39. The predicted octanol–water partition coefficient (Wildman–Crippen LogP) is -0.162. The third-order valence-electron chi connectivity index (χ3n) is 2.68. The molecule has 2 atom stereocenters. The number of hydrogen-bond acceptors (Lipinski definition) is 4. The number of rotatable bonds is 2. The molecule has 0 aromatic carbocycles. The van der Waals surface area contributed by atoms with E-state index in [4.69, 9.17) is 0 Å². The Morgan fingerprint density at radius 3 is 3.00 bits per heavy atom. The van der Waals surface area contributed by atoms with Crippen molar-refractivity contribution in [2.75, 3.05) is 0 Å². The third kappa shape index (κ3) is 2.33. The highest BCUT2D eigenvalue weighted by Gasteiger charge is 2.25. The fourth-order valence-electron chi connectivity index (χ4n) is 1.83. The van der Waals surface area contributed by atoms with E-state index in [-0.39, 0.29) is 17.8 Å². The lowest BCUT2D eigenvalue weighted by Gasteiger charge is -2.27. The van der Waals surface area contributed by atoms with Crippen LogP contribution < -0.4 is 5.32 Å². The van der Waals surface area contributed by atoms with Crippen LogP contribution in [0.1, 0.15) is 36.3 Å². The summed E-state index contributed by atoms with van der Waals surface area (Å²) in [5.74, 6) is -0.119. The maximum Gasteiger partial charge on any atom is 0.288 e. The highest BCUT2D eigenvalue weighted by atomic mass is 16.3. The summed E-state index contributed by atoms with van der Waals surface area (Å²) in [6.45, 7) is 0. The maximum atomic E-state index is 11.6. The molecule has 1 saturated carbocycles. The van der Waals surface area contributed by atoms with Crippen LogP contribution >= 0.6 is 0 Å². The van der Waals surface area contributed by atoms with Crippen LogP contribution in [0.2, 0.25) is 0 Å². The van der Waals surface area contributed by atoms with Crippen molar-refractivity contribution in [2.24, 2.45) is 0 Å². The molecule has 82 valence electrons. The van der Waals surface area contributed by atoms with Gasteiger partial charge in [-0.3, -0.25) is 9.89 Å². The topological polar surface area (TPSA) is 90.9 Å². The van der Waals surface area contributed by atoms with E-state index in [1.165, 1.54) is 6.33 Å². The lowest BCUT2D eigenvalue weighted by atomic mass is 9.92. The molecule has 15 heavy (non-hydrogen) atoms. The second-order valence-corrected chi connectivity index (χ2v) is 3.77. The maximum absolute atomic E-state index is 11.6. The Balaban J connectivity index is 1.93. The van der Waals surface area contributed by atoms with Crippen LogP contribution in [0.3, 0.4) is 0 Å². The third-order valence-corrected chi connectivity index (χ3v) is 2.68. The van der Waals surface area contributed by atoms with Crippen molar-refractivity contribution in [2.45, 2.75) is 37.8 Å². The number of H-pyrrole nitrogens is 1. The number of aliphatic hydroxyl groups excluding tert-OH is 1. The minimum absolute atomic E-state index is 0.156. The Morgan fingerprint density at radius 2 is 2.33 bits per heavy atom. The SMILES string of the molecule is O=C(NC1CCCCC1O)c1ncn[nH]1. The number of carbonyl (C=O) groups is 1. The van der Waals surface area contributed by atoms with Crippen molar-refractivity contribution < 1.29 is 9.90 Å². The minimum atomic E-state index is -0.439. The molecular formula is C9H14N4O2. The van der Waals surface area contributed by atoms with Gasteiger partial charge in [0, 0.05) is 0 Å². The van der Waals surface area contributed by atoms with Crippen LogP contribution in [-0.4, -0.2) is 38.3 Å². The molecule has 0 aliphatic heterocycles. The Bertz CT molecular complexity index is 325. The van der Waals surface area contributed by atoms with Gasteiger partial charge in [-0.25, -0.2) is 4.98 Å². The number of hydrogen-bond donors (Lipinski definition) is 3. The van der Waals surface area contributed by atoms with Gasteiger partial charge in [0.05, 0.1) is 12.1 Å². The van der Waals surface area contributed by atoms with Crippen LogP contribution in [0.25, 0.3) is 0 Å². The van der Waals surface area contributed by atoms with Crippen molar-refractivity contribution in [3.63, 3.8) is 0 Å². The number of aliphatic hydroxyl groups is 1. The van der Waals surface area contributed by atoms with Crippen molar-refractivity contribution >= 4 is 5.91 Å². The van der Waals surface area contributed by atoms with Gasteiger partial charge in [0.1, 0.15) is 6.33 Å². The zero-order chi connectivity index (χ0) is 10.7. The first-order valence-electron chi connectivity index (χ1n) is 5.11. The highest BCUT2D eigenvalue weighted by molar-refractivity contribution is 5.90. The number of carbonyl (C=O) groups excluding carboxylic acids is 1. The molecule has 6 nitrogen and oxygen atoms in total. The van der Waals surface area contributed by atoms with E-state index in [1.807, 2.05) is 0 Å². The van der Waals surface area contributed by atoms with Crippen LogP contribution in [-0.2, 0) is 0 Å². The molecule has 1 aliphatic carbocycles. The van der Waals surface area contributed by atoms with Crippen molar-refractivity contribution in [1.29, 1.82) is 0 Å².